The predicted octanol–water partition coefficient (Wildman–Crippen LogP) is 10.3. The minimum atomic E-state index is -6.00. The molecule has 0 bridgehead atoms. The van der Waals surface area contributed by atoms with Gasteiger partial charge in [0.2, 0.25) is 0 Å². The summed E-state index contributed by atoms with van der Waals surface area (Å²) in [5.74, 6) is 0. The normalized spacial score (nSPS) is 5.11. The summed E-state index contributed by atoms with van der Waals surface area (Å²) >= 11 is 0. The first kappa shape index (κ1) is 117. The predicted molar refractivity (Wildman–Crippen MR) is 166 cm³/mol. The monoisotopic (exact) mass is 1070 g/mol. The van der Waals surface area contributed by atoms with E-state index in [1.54, 1.807) is 72.8 Å². The summed E-state index contributed by atoms with van der Waals surface area (Å²) in [5, 5.41) is 87.8. The van der Waals surface area contributed by atoms with Gasteiger partial charge in [-0.25, -0.2) is 0 Å². The molecule has 0 aromatic rings. The van der Waals surface area contributed by atoms with Crippen molar-refractivity contribution < 1.29 is 119 Å². The molecular formula is C24H36Ag3B3F12N12. The molecule has 0 aromatic carbocycles. The molecule has 0 heterocycles. The third kappa shape index (κ3) is 4960. The van der Waals surface area contributed by atoms with E-state index in [0.29, 0.717) is 0 Å². The average molecular weight is 1080 g/mol. The molecule has 0 aliphatic carbocycles. The van der Waals surface area contributed by atoms with Crippen LogP contribution >= 0.6 is 0 Å². The second-order valence-electron chi connectivity index (χ2n) is 4.17. The zero-order chi connectivity index (χ0) is 46.0. The van der Waals surface area contributed by atoms with Crippen molar-refractivity contribution in [2.75, 3.05) is 0 Å². The molecule has 0 aliphatic heterocycles. The van der Waals surface area contributed by atoms with Crippen molar-refractivity contribution in [2.24, 2.45) is 0 Å². The van der Waals surface area contributed by atoms with Gasteiger partial charge in [0.05, 0.1) is 72.8 Å². The first-order valence-corrected chi connectivity index (χ1v) is 11.3. The smallest absolute Gasteiger partial charge is 0.418 e. The van der Waals surface area contributed by atoms with Crippen LogP contribution in [0.25, 0.3) is 0 Å². The summed E-state index contributed by atoms with van der Waals surface area (Å²) in [4.78, 5) is 0. The molecule has 0 atom stereocenters. The maximum Gasteiger partial charge on any atom is 1.00 e. The number of hydrogen-bond acceptors (Lipinski definition) is 12. The van der Waals surface area contributed by atoms with Gasteiger partial charge in [-0.2, -0.15) is 63.1 Å². The Morgan fingerprint density at radius 2 is 0.204 bits per heavy atom. The average Bonchev–Trinajstić information content (AvgIpc) is 2.87. The van der Waals surface area contributed by atoms with E-state index in [2.05, 4.69) is 0 Å². The zero-order valence-corrected chi connectivity index (χ0v) is 35.0. The van der Waals surface area contributed by atoms with Crippen molar-refractivity contribution in [3.05, 3.63) is 0 Å². The van der Waals surface area contributed by atoms with Gasteiger partial charge in [0.25, 0.3) is 0 Å². The van der Waals surface area contributed by atoms with Gasteiger partial charge in [-0.1, -0.05) is 0 Å². The third-order valence-corrected chi connectivity index (χ3v) is 0. The van der Waals surface area contributed by atoms with Crippen molar-refractivity contribution in [1.82, 2.24) is 0 Å². The first-order chi connectivity index (χ1) is 23.0. The van der Waals surface area contributed by atoms with Crippen LogP contribution in [-0.4, -0.2) is 21.8 Å². The van der Waals surface area contributed by atoms with Crippen LogP contribution in [0.2, 0.25) is 0 Å². The summed E-state index contributed by atoms with van der Waals surface area (Å²) in [6, 6.07) is 21.0. The molecular weight excluding hydrogens is 1040 g/mol. The fourth-order valence-corrected chi connectivity index (χ4v) is 0. The van der Waals surface area contributed by atoms with Gasteiger partial charge in [0.15, 0.2) is 0 Å². The zero-order valence-electron chi connectivity index (χ0n) is 30.5. The van der Waals surface area contributed by atoms with Crippen LogP contribution in [0.15, 0.2) is 0 Å². The van der Waals surface area contributed by atoms with Gasteiger partial charge in [-0.05, 0) is 0 Å². The SMILES string of the molecule is CC#N.CC#N.CC#N.CC#N.CC#N.CC#N.CC#N.CC#N.CC#N.CC#N.CC#N.CC#N.F[B-](F)(F)F.F[B-](F)(F)F.F[B-](F)(F)F.[Ag+].[Ag+].[Ag+]. The summed E-state index contributed by atoms with van der Waals surface area (Å²) in [7, 11) is -18.0. The second kappa shape index (κ2) is 168. The van der Waals surface area contributed by atoms with Gasteiger partial charge in [-0.3, -0.25) is 0 Å². The van der Waals surface area contributed by atoms with Crippen LogP contribution < -0.4 is 0 Å². The van der Waals surface area contributed by atoms with Crippen LogP contribution in [0, 0.1) is 136 Å². The molecule has 0 unspecified atom stereocenters. The van der Waals surface area contributed by atoms with Crippen LogP contribution in [0.1, 0.15) is 83.1 Å². The van der Waals surface area contributed by atoms with Crippen LogP contribution in [-0.2, 0) is 67.1 Å². The Bertz CT molecular complexity index is 826. The number of nitriles is 12. The number of hydrogen-bond donors (Lipinski definition) is 0. The van der Waals surface area contributed by atoms with Crippen molar-refractivity contribution in [3.63, 3.8) is 0 Å². The van der Waals surface area contributed by atoms with Gasteiger partial charge in [-0.15, -0.1) is 0 Å². The van der Waals surface area contributed by atoms with E-state index in [0.717, 1.165) is 0 Å². The third-order valence-electron chi connectivity index (χ3n) is 0. The molecule has 0 aromatic heterocycles. The van der Waals surface area contributed by atoms with Gasteiger partial charge >= 0.3 is 88.9 Å². The second-order valence-corrected chi connectivity index (χ2v) is 4.17. The number of nitrogens with zero attached hydrogens (tertiary/aromatic N) is 12. The quantitative estimate of drug-likeness (QED) is 0.162. The van der Waals surface area contributed by atoms with E-state index in [1.807, 2.05) is 0 Å². The van der Waals surface area contributed by atoms with Crippen molar-refractivity contribution >= 4 is 21.8 Å². The van der Waals surface area contributed by atoms with Gasteiger partial charge in [0.1, 0.15) is 0 Å². The summed E-state index contributed by atoms with van der Waals surface area (Å²) in [5.41, 5.74) is 0. The molecule has 0 radical (unpaired) electrons. The molecule has 0 aliphatic rings. The minimum Gasteiger partial charge on any atom is -0.418 e. The van der Waals surface area contributed by atoms with E-state index in [-0.39, 0.29) is 67.1 Å². The van der Waals surface area contributed by atoms with Crippen LogP contribution in [0.4, 0.5) is 51.8 Å². The summed E-state index contributed by atoms with van der Waals surface area (Å²) in [6.07, 6.45) is 0. The van der Waals surface area contributed by atoms with E-state index >= 15 is 0 Å². The van der Waals surface area contributed by atoms with E-state index < -0.39 is 21.8 Å². The molecule has 0 amide bonds. The van der Waals surface area contributed by atoms with Crippen molar-refractivity contribution in [3.8, 4) is 72.8 Å². The van der Waals surface area contributed by atoms with Crippen LogP contribution in [0.3, 0.4) is 0 Å². The van der Waals surface area contributed by atoms with Gasteiger partial charge < -0.3 is 51.8 Å². The van der Waals surface area contributed by atoms with Crippen molar-refractivity contribution in [1.29, 1.82) is 63.1 Å². The standard InChI is InChI=1S/12C2H3N.3Ag.3BF4/c12*1-2-3;;;;3*2-1(3,4)5/h12*1H3;;;;;;/q;;;;;;;;;;;;3*+1;3*-1. The molecule has 0 saturated heterocycles. The van der Waals surface area contributed by atoms with Gasteiger partial charge in [0, 0.05) is 83.1 Å². The Hall–Kier alpha value is -4.54. The van der Waals surface area contributed by atoms with Crippen molar-refractivity contribution in [2.45, 2.75) is 83.1 Å². The Morgan fingerprint density at radius 3 is 0.204 bits per heavy atom. The molecule has 0 rings (SSSR count). The Morgan fingerprint density at radius 1 is 0.204 bits per heavy atom. The largest absolute Gasteiger partial charge is 1.00 e. The Kier molecular flexibility index (Phi) is 366. The Balaban J connectivity index is -0.0000000161. The maximum atomic E-state index is 9.75. The first-order valence-electron chi connectivity index (χ1n) is 11.3. The number of halogens is 12. The molecule has 54 heavy (non-hydrogen) atoms. The molecule has 30 heteroatoms. The van der Waals surface area contributed by atoms with E-state index in [1.165, 1.54) is 83.1 Å². The fraction of sp³-hybridized carbons (Fsp3) is 0.500. The summed E-state index contributed by atoms with van der Waals surface area (Å²) in [6.45, 7) is 17.2. The molecule has 12 nitrogen and oxygen atoms in total. The molecule has 318 valence electrons. The maximum absolute atomic E-state index is 9.75. The van der Waals surface area contributed by atoms with Crippen LogP contribution in [0.5, 0.6) is 0 Å². The molecule has 0 spiro atoms. The molecule has 0 fully saturated rings. The number of rotatable bonds is 0. The summed E-state index contributed by atoms with van der Waals surface area (Å²) < 4.78 is 117. The molecule has 0 N–H and O–H groups in total. The van der Waals surface area contributed by atoms with E-state index in [4.69, 9.17) is 63.1 Å². The van der Waals surface area contributed by atoms with E-state index in [9.17, 15) is 51.8 Å². The topological polar surface area (TPSA) is 285 Å². The fourth-order valence-electron chi connectivity index (χ4n) is 0. The molecule has 0 saturated carbocycles. The minimum absolute atomic E-state index is 0. The Labute approximate surface area is 357 Å².